The third-order valence-corrected chi connectivity index (χ3v) is 6.20. The largest absolute Gasteiger partial charge is 0.459 e. The van der Waals surface area contributed by atoms with Gasteiger partial charge in [-0.15, -0.1) is 0 Å². The van der Waals surface area contributed by atoms with Gasteiger partial charge in [0.05, 0.1) is 6.26 Å². The average Bonchev–Trinajstić information content (AvgIpc) is 3.54. The van der Waals surface area contributed by atoms with Gasteiger partial charge in [0.1, 0.15) is 11.5 Å². The molecule has 6 heteroatoms. The number of carbonyl (C=O) groups is 2. The SMILES string of the molecule is O=C(NCCCN(C(=O)c1ccco1)c1ccc(Oc2ccccc2)cc1)c1ccc(-c2ccccc2)cc1. The van der Waals surface area contributed by atoms with Gasteiger partial charge in [-0.3, -0.25) is 9.59 Å². The molecule has 0 aliphatic heterocycles. The number of benzene rings is 4. The maximum atomic E-state index is 13.2. The minimum absolute atomic E-state index is 0.152. The first-order chi connectivity index (χ1) is 19.2. The van der Waals surface area contributed by atoms with Crippen LogP contribution in [0, 0.1) is 0 Å². The van der Waals surface area contributed by atoms with E-state index in [0.717, 1.165) is 16.9 Å². The van der Waals surface area contributed by atoms with Crippen LogP contribution in [0.15, 0.2) is 132 Å². The van der Waals surface area contributed by atoms with Crippen molar-refractivity contribution in [2.75, 3.05) is 18.0 Å². The van der Waals surface area contributed by atoms with Gasteiger partial charge in [0.25, 0.3) is 11.8 Å². The molecule has 5 rings (SSSR count). The minimum Gasteiger partial charge on any atom is -0.459 e. The van der Waals surface area contributed by atoms with Gasteiger partial charge in [0.15, 0.2) is 5.76 Å². The van der Waals surface area contributed by atoms with Crippen LogP contribution in [0.25, 0.3) is 11.1 Å². The fourth-order valence-corrected chi connectivity index (χ4v) is 4.19. The van der Waals surface area contributed by atoms with Crippen molar-refractivity contribution in [3.05, 3.63) is 139 Å². The molecule has 0 saturated carbocycles. The summed E-state index contributed by atoms with van der Waals surface area (Å²) in [4.78, 5) is 27.5. The Bertz CT molecular complexity index is 1480. The van der Waals surface area contributed by atoms with E-state index in [4.69, 9.17) is 9.15 Å². The molecule has 0 saturated heterocycles. The summed E-state index contributed by atoms with van der Waals surface area (Å²) < 4.78 is 11.2. The van der Waals surface area contributed by atoms with Gasteiger partial charge >= 0.3 is 0 Å². The molecule has 0 atom stereocenters. The van der Waals surface area contributed by atoms with Gasteiger partial charge in [-0.2, -0.15) is 0 Å². The first-order valence-corrected chi connectivity index (χ1v) is 12.8. The molecule has 39 heavy (non-hydrogen) atoms. The first kappa shape index (κ1) is 25.5. The fourth-order valence-electron chi connectivity index (χ4n) is 4.19. The molecule has 1 heterocycles. The Balaban J connectivity index is 1.20. The van der Waals surface area contributed by atoms with E-state index in [2.05, 4.69) is 5.32 Å². The highest BCUT2D eigenvalue weighted by atomic mass is 16.5. The van der Waals surface area contributed by atoms with Crippen molar-refractivity contribution in [3.8, 4) is 22.6 Å². The molecule has 4 aromatic carbocycles. The Hall–Kier alpha value is -5.10. The summed E-state index contributed by atoms with van der Waals surface area (Å²) in [7, 11) is 0. The molecule has 5 aromatic rings. The number of rotatable bonds is 10. The molecule has 0 aliphatic carbocycles. The zero-order valence-corrected chi connectivity index (χ0v) is 21.3. The maximum absolute atomic E-state index is 13.2. The van der Waals surface area contributed by atoms with Crippen LogP contribution >= 0.6 is 0 Å². The van der Waals surface area contributed by atoms with Crippen molar-refractivity contribution in [2.24, 2.45) is 0 Å². The third kappa shape index (κ3) is 6.62. The van der Waals surface area contributed by atoms with Gasteiger partial charge < -0.3 is 19.4 Å². The first-order valence-electron chi connectivity index (χ1n) is 12.8. The monoisotopic (exact) mass is 516 g/mol. The van der Waals surface area contributed by atoms with Gasteiger partial charge in [-0.05, 0) is 78.2 Å². The molecule has 0 unspecified atom stereocenters. The Morgan fingerprint density at radius 3 is 2.00 bits per heavy atom. The molecular formula is C33H28N2O4. The summed E-state index contributed by atoms with van der Waals surface area (Å²) in [5.74, 6) is 1.25. The standard InChI is InChI=1S/C33H28N2O4/c36-32(27-16-14-26(15-17-27)25-9-3-1-4-10-25)34-22-8-23-35(33(37)31-13-7-24-38-31)28-18-20-30(21-19-28)39-29-11-5-2-6-12-29/h1-7,9-21,24H,8,22-23H2,(H,34,36). The second-order valence-electron chi connectivity index (χ2n) is 8.90. The van der Waals surface area contributed by atoms with Gasteiger partial charge in [-0.25, -0.2) is 0 Å². The topological polar surface area (TPSA) is 71.8 Å². The number of hydrogen-bond donors (Lipinski definition) is 1. The molecule has 194 valence electrons. The van der Waals surface area contributed by atoms with E-state index in [-0.39, 0.29) is 17.6 Å². The lowest BCUT2D eigenvalue weighted by atomic mass is 10.0. The number of hydrogen-bond acceptors (Lipinski definition) is 4. The van der Waals surface area contributed by atoms with E-state index >= 15 is 0 Å². The zero-order valence-electron chi connectivity index (χ0n) is 21.3. The van der Waals surface area contributed by atoms with Gasteiger partial charge in [0.2, 0.25) is 0 Å². The summed E-state index contributed by atoms with van der Waals surface area (Å²) >= 11 is 0. The quantitative estimate of drug-likeness (QED) is 0.199. The third-order valence-electron chi connectivity index (χ3n) is 6.20. The van der Waals surface area contributed by atoms with E-state index in [1.165, 1.54) is 6.26 Å². The predicted molar refractivity (Wildman–Crippen MR) is 152 cm³/mol. The van der Waals surface area contributed by atoms with E-state index in [0.29, 0.717) is 36.5 Å². The van der Waals surface area contributed by atoms with Crippen molar-refractivity contribution >= 4 is 17.5 Å². The average molecular weight is 517 g/mol. The number of amides is 2. The lowest BCUT2D eigenvalue weighted by Crippen LogP contribution is -2.34. The highest BCUT2D eigenvalue weighted by molar-refractivity contribution is 6.04. The Kier molecular flexibility index (Phi) is 8.14. The van der Waals surface area contributed by atoms with Crippen LogP contribution in [0.2, 0.25) is 0 Å². The Morgan fingerprint density at radius 2 is 1.33 bits per heavy atom. The number of nitrogens with one attached hydrogen (secondary N) is 1. The number of carbonyl (C=O) groups excluding carboxylic acids is 2. The lowest BCUT2D eigenvalue weighted by molar-refractivity contribution is 0.0953. The van der Waals surface area contributed by atoms with E-state index < -0.39 is 0 Å². The smallest absolute Gasteiger partial charge is 0.293 e. The minimum atomic E-state index is -0.250. The summed E-state index contributed by atoms with van der Waals surface area (Å²) in [5, 5.41) is 2.95. The second-order valence-corrected chi connectivity index (χ2v) is 8.90. The maximum Gasteiger partial charge on any atom is 0.293 e. The van der Waals surface area contributed by atoms with Gasteiger partial charge in [-0.1, -0.05) is 60.7 Å². The summed E-state index contributed by atoms with van der Waals surface area (Å²) in [5.41, 5.74) is 3.46. The van der Waals surface area contributed by atoms with Crippen molar-refractivity contribution in [1.29, 1.82) is 0 Å². The van der Waals surface area contributed by atoms with Gasteiger partial charge in [0, 0.05) is 24.3 Å². The molecule has 0 spiro atoms. The van der Waals surface area contributed by atoms with Crippen molar-refractivity contribution in [3.63, 3.8) is 0 Å². The van der Waals surface area contributed by atoms with Crippen LogP contribution in [0.1, 0.15) is 27.3 Å². The summed E-state index contributed by atoms with van der Waals surface area (Å²) in [6.45, 7) is 0.808. The molecule has 0 aliphatic rings. The van der Waals surface area contributed by atoms with Crippen molar-refractivity contribution < 1.29 is 18.7 Å². The Labute approximate surface area is 227 Å². The zero-order chi connectivity index (χ0) is 26.9. The van der Waals surface area contributed by atoms with E-state index in [1.54, 1.807) is 17.0 Å². The number of para-hydroxylation sites is 1. The van der Waals surface area contributed by atoms with Crippen LogP contribution in [0.4, 0.5) is 5.69 Å². The number of nitrogens with zero attached hydrogens (tertiary/aromatic N) is 1. The van der Waals surface area contributed by atoms with Crippen LogP contribution < -0.4 is 15.0 Å². The van der Waals surface area contributed by atoms with Crippen LogP contribution in [0.3, 0.4) is 0 Å². The molecule has 0 radical (unpaired) electrons. The van der Waals surface area contributed by atoms with E-state index in [9.17, 15) is 9.59 Å². The molecule has 2 amide bonds. The normalized spacial score (nSPS) is 10.6. The molecule has 1 N–H and O–H groups in total. The van der Waals surface area contributed by atoms with Crippen LogP contribution in [-0.4, -0.2) is 24.9 Å². The highest BCUT2D eigenvalue weighted by Gasteiger charge is 2.20. The highest BCUT2D eigenvalue weighted by Crippen LogP contribution is 2.26. The lowest BCUT2D eigenvalue weighted by Gasteiger charge is -2.22. The van der Waals surface area contributed by atoms with Crippen molar-refractivity contribution in [2.45, 2.75) is 6.42 Å². The number of ether oxygens (including phenoxy) is 1. The molecular weight excluding hydrogens is 488 g/mol. The molecule has 0 bridgehead atoms. The summed E-state index contributed by atoms with van der Waals surface area (Å²) in [6, 6.07) is 37.7. The number of furan rings is 1. The number of anilines is 1. The molecule has 1 aromatic heterocycles. The van der Waals surface area contributed by atoms with Crippen LogP contribution in [0.5, 0.6) is 11.5 Å². The van der Waals surface area contributed by atoms with Crippen molar-refractivity contribution in [1.82, 2.24) is 5.32 Å². The summed E-state index contributed by atoms with van der Waals surface area (Å²) in [6.07, 6.45) is 2.04. The fraction of sp³-hybridized carbons (Fsp3) is 0.0909. The molecule has 6 nitrogen and oxygen atoms in total. The van der Waals surface area contributed by atoms with Crippen LogP contribution in [-0.2, 0) is 0 Å². The molecule has 0 fully saturated rings. The second kappa shape index (κ2) is 12.4. The Morgan fingerprint density at radius 1 is 0.692 bits per heavy atom. The predicted octanol–water partition coefficient (Wildman–Crippen LogP) is 7.21. The van der Waals surface area contributed by atoms with E-state index in [1.807, 2.05) is 109 Å².